The molecular formula is C23H21ClN4O2S2. The van der Waals surface area contributed by atoms with Gasteiger partial charge >= 0.3 is 6.09 Å². The highest BCUT2D eigenvalue weighted by Gasteiger charge is 2.20. The van der Waals surface area contributed by atoms with Crippen molar-refractivity contribution >= 4 is 63.5 Å². The number of amides is 1. The fraction of sp³-hybridized carbons (Fsp3) is 0.0870. The van der Waals surface area contributed by atoms with E-state index < -0.39 is 6.09 Å². The minimum absolute atomic E-state index is 0.240. The fourth-order valence-electron chi connectivity index (χ4n) is 2.78. The third-order valence-corrected chi connectivity index (χ3v) is 6.23. The monoisotopic (exact) mass is 484 g/mol. The van der Waals surface area contributed by atoms with Crippen LogP contribution >= 0.6 is 35.1 Å². The molecule has 0 spiro atoms. The lowest BCUT2D eigenvalue weighted by Crippen LogP contribution is -2.27. The lowest BCUT2D eigenvalue weighted by atomic mass is 10.00. The molecule has 1 amide bonds. The highest BCUT2D eigenvalue weighted by atomic mass is 35.5. The van der Waals surface area contributed by atoms with Crippen LogP contribution in [-0.4, -0.2) is 30.3 Å². The van der Waals surface area contributed by atoms with Crippen molar-refractivity contribution < 1.29 is 9.53 Å². The largest absolute Gasteiger partial charge is 0.453 e. The van der Waals surface area contributed by atoms with Gasteiger partial charge in [0.2, 0.25) is 0 Å². The summed E-state index contributed by atoms with van der Waals surface area (Å²) in [5.74, 6) is 0. The molecule has 164 valence electrons. The Morgan fingerprint density at radius 3 is 2.41 bits per heavy atom. The first kappa shape index (κ1) is 23.7. The maximum atomic E-state index is 11.7. The Bertz CT molecular complexity index is 1150. The summed E-state index contributed by atoms with van der Waals surface area (Å²) < 4.78 is 4.68. The summed E-state index contributed by atoms with van der Waals surface area (Å²) in [5, 5.41) is 12.4. The summed E-state index contributed by atoms with van der Waals surface area (Å²) in [5.41, 5.74) is 8.54. The van der Waals surface area contributed by atoms with Gasteiger partial charge in [-0.2, -0.15) is 0 Å². The first-order valence-corrected chi connectivity index (χ1v) is 11.8. The van der Waals surface area contributed by atoms with Gasteiger partial charge in [-0.3, -0.25) is 10.7 Å². The first-order valence-electron chi connectivity index (χ1n) is 9.40. The maximum Gasteiger partial charge on any atom is 0.412 e. The Labute approximate surface area is 200 Å². The van der Waals surface area contributed by atoms with Crippen LogP contribution < -0.4 is 11.1 Å². The number of rotatable bonds is 5. The average Bonchev–Trinajstić information content (AvgIpc) is 2.81. The number of nitrogen functional groups attached to an aromatic ring is 1. The van der Waals surface area contributed by atoms with Gasteiger partial charge in [0.15, 0.2) is 5.17 Å². The molecule has 3 aromatic carbocycles. The van der Waals surface area contributed by atoms with Crippen LogP contribution in [0.15, 0.2) is 81.5 Å². The molecule has 3 aromatic rings. The van der Waals surface area contributed by atoms with Gasteiger partial charge in [-0.15, -0.1) is 0 Å². The fourth-order valence-corrected chi connectivity index (χ4v) is 4.25. The number of nitrogens with zero attached hydrogens (tertiary/aromatic N) is 1. The van der Waals surface area contributed by atoms with E-state index in [9.17, 15) is 4.79 Å². The molecule has 0 fully saturated rings. The molecule has 0 aliphatic carbocycles. The minimum Gasteiger partial charge on any atom is -0.453 e. The van der Waals surface area contributed by atoms with Crippen LogP contribution in [0.3, 0.4) is 0 Å². The molecule has 4 N–H and O–H groups in total. The molecule has 6 nitrogen and oxygen atoms in total. The van der Waals surface area contributed by atoms with E-state index in [0.717, 1.165) is 9.79 Å². The van der Waals surface area contributed by atoms with Crippen LogP contribution in [0.2, 0.25) is 5.02 Å². The predicted octanol–water partition coefficient (Wildman–Crippen LogP) is 6.20. The number of benzene rings is 3. The van der Waals surface area contributed by atoms with E-state index in [2.05, 4.69) is 15.0 Å². The van der Waals surface area contributed by atoms with E-state index in [1.807, 2.05) is 36.4 Å². The van der Waals surface area contributed by atoms with Crippen LogP contribution in [0.1, 0.15) is 11.1 Å². The van der Waals surface area contributed by atoms with Crippen LogP contribution in [0.4, 0.5) is 16.2 Å². The zero-order valence-corrected chi connectivity index (χ0v) is 19.8. The topological polar surface area (TPSA) is 101 Å². The SMILES string of the molecule is COC(=O)NC(=Nc1c(N)ccc(Sc2ccccc2)c1C(=N)c1ccc(Cl)cc1)SC. The number of amidine groups is 1. The molecule has 0 saturated heterocycles. The zero-order chi connectivity index (χ0) is 23.1. The molecule has 3 rings (SSSR count). The van der Waals surface area contributed by atoms with E-state index in [0.29, 0.717) is 32.7 Å². The quantitative estimate of drug-likeness (QED) is 0.227. The predicted molar refractivity (Wildman–Crippen MR) is 135 cm³/mol. The normalized spacial score (nSPS) is 11.2. The lowest BCUT2D eigenvalue weighted by molar-refractivity contribution is 0.177. The first-order chi connectivity index (χ1) is 15.4. The van der Waals surface area contributed by atoms with Crippen molar-refractivity contribution in [2.24, 2.45) is 4.99 Å². The summed E-state index contributed by atoms with van der Waals surface area (Å²) in [6.45, 7) is 0. The molecule has 0 radical (unpaired) electrons. The lowest BCUT2D eigenvalue weighted by Gasteiger charge is -2.16. The van der Waals surface area contributed by atoms with Crippen molar-refractivity contribution in [2.75, 3.05) is 19.1 Å². The van der Waals surface area contributed by atoms with Gasteiger partial charge in [0, 0.05) is 25.9 Å². The molecule has 0 aromatic heterocycles. The Hall–Kier alpha value is -2.94. The summed E-state index contributed by atoms with van der Waals surface area (Å²) in [6.07, 6.45) is 1.14. The third kappa shape index (κ3) is 5.85. The number of methoxy groups -OCH3 is 1. The molecule has 0 heterocycles. The number of alkyl carbamates (subject to hydrolysis) is 1. The number of nitrogens with two attached hydrogens (primary N) is 1. The van der Waals surface area contributed by atoms with Crippen molar-refractivity contribution in [3.63, 3.8) is 0 Å². The Morgan fingerprint density at radius 1 is 1.09 bits per heavy atom. The van der Waals surface area contributed by atoms with E-state index in [1.54, 1.807) is 36.6 Å². The van der Waals surface area contributed by atoms with Crippen molar-refractivity contribution in [3.8, 4) is 0 Å². The molecule has 0 saturated carbocycles. The second-order valence-corrected chi connectivity index (χ2v) is 8.76. The van der Waals surface area contributed by atoms with Gasteiger partial charge in [0.05, 0.1) is 24.2 Å². The van der Waals surface area contributed by atoms with Crippen molar-refractivity contribution in [3.05, 3.63) is 82.9 Å². The number of carbonyl (C=O) groups is 1. The second kappa shape index (κ2) is 11.1. The maximum absolute atomic E-state index is 11.7. The highest BCUT2D eigenvalue weighted by molar-refractivity contribution is 8.13. The Morgan fingerprint density at radius 2 is 1.78 bits per heavy atom. The minimum atomic E-state index is -0.638. The number of aliphatic imine (C=N–C) groups is 1. The number of ether oxygens (including phenoxy) is 1. The number of hydrogen-bond acceptors (Lipinski definition) is 7. The molecule has 9 heteroatoms. The van der Waals surface area contributed by atoms with E-state index in [-0.39, 0.29) is 5.71 Å². The number of hydrogen-bond donors (Lipinski definition) is 3. The number of anilines is 1. The van der Waals surface area contributed by atoms with Gasteiger partial charge in [-0.05, 0) is 42.7 Å². The van der Waals surface area contributed by atoms with Crippen LogP contribution in [0, 0.1) is 5.41 Å². The van der Waals surface area contributed by atoms with E-state index in [4.69, 9.17) is 22.7 Å². The summed E-state index contributed by atoms with van der Waals surface area (Å²) in [7, 11) is 1.28. The number of halogens is 1. The van der Waals surface area contributed by atoms with Crippen LogP contribution in [0.25, 0.3) is 0 Å². The molecule has 0 aliphatic rings. The van der Waals surface area contributed by atoms with Gasteiger partial charge in [0.1, 0.15) is 0 Å². The smallest absolute Gasteiger partial charge is 0.412 e. The third-order valence-electron chi connectivity index (χ3n) is 4.33. The molecule has 0 aliphatic heterocycles. The summed E-state index contributed by atoms with van der Waals surface area (Å²) in [6, 6.07) is 20.5. The Balaban J connectivity index is 2.18. The van der Waals surface area contributed by atoms with E-state index in [1.165, 1.54) is 30.6 Å². The van der Waals surface area contributed by atoms with Crippen LogP contribution in [-0.2, 0) is 4.74 Å². The van der Waals surface area contributed by atoms with E-state index >= 15 is 0 Å². The molecular weight excluding hydrogens is 464 g/mol. The van der Waals surface area contributed by atoms with Crippen molar-refractivity contribution in [1.29, 1.82) is 5.41 Å². The van der Waals surface area contributed by atoms with Gasteiger partial charge in [-0.25, -0.2) is 9.79 Å². The average molecular weight is 485 g/mol. The number of thioether (sulfide) groups is 1. The highest BCUT2D eigenvalue weighted by Crippen LogP contribution is 2.40. The standard InChI is InChI=1S/C23H21ClN4O2S2/c1-30-23(29)28-22(31-2)27-21-17(25)12-13-18(32-16-6-4-3-5-7-16)19(21)20(26)14-8-10-15(24)11-9-14/h3-13,26H,25H2,1-2H3,(H,27,28,29). The van der Waals surface area contributed by atoms with Gasteiger partial charge in [0.25, 0.3) is 0 Å². The molecule has 0 unspecified atom stereocenters. The second-order valence-electron chi connectivity index (χ2n) is 6.41. The van der Waals surface area contributed by atoms with Gasteiger partial charge in [-0.1, -0.05) is 65.5 Å². The molecule has 32 heavy (non-hydrogen) atoms. The summed E-state index contributed by atoms with van der Waals surface area (Å²) >= 11 is 8.77. The van der Waals surface area contributed by atoms with Crippen molar-refractivity contribution in [2.45, 2.75) is 9.79 Å². The summed E-state index contributed by atoms with van der Waals surface area (Å²) in [4.78, 5) is 18.1. The molecule has 0 atom stereocenters. The number of carbonyl (C=O) groups excluding carboxylic acids is 1. The zero-order valence-electron chi connectivity index (χ0n) is 17.4. The number of nitrogens with one attached hydrogen (secondary N) is 2. The van der Waals surface area contributed by atoms with Gasteiger partial charge < -0.3 is 10.5 Å². The van der Waals surface area contributed by atoms with Crippen LogP contribution in [0.5, 0.6) is 0 Å². The molecule has 0 bridgehead atoms. The Kier molecular flexibility index (Phi) is 8.21. The van der Waals surface area contributed by atoms with Crippen molar-refractivity contribution in [1.82, 2.24) is 5.32 Å².